The molecule has 3 aromatic rings. The Kier molecular flexibility index (Phi) is 7.97. The fourth-order valence-corrected chi connectivity index (χ4v) is 4.39. The van der Waals surface area contributed by atoms with Crippen LogP contribution in [0.2, 0.25) is 0 Å². The maximum atomic E-state index is 13.0. The molecular formula is C26H31FN4O4. The molecule has 35 heavy (non-hydrogen) atoms. The molecule has 1 fully saturated rings. The first-order valence-corrected chi connectivity index (χ1v) is 12.1. The van der Waals surface area contributed by atoms with Gasteiger partial charge in [0.1, 0.15) is 5.82 Å². The molecule has 0 unspecified atom stereocenters. The first-order chi connectivity index (χ1) is 17.0. The van der Waals surface area contributed by atoms with E-state index in [0.29, 0.717) is 29.8 Å². The van der Waals surface area contributed by atoms with E-state index in [0.717, 1.165) is 63.2 Å². The number of anilines is 2. The lowest BCUT2D eigenvalue weighted by atomic mass is 10.1. The predicted molar refractivity (Wildman–Crippen MR) is 133 cm³/mol. The lowest BCUT2D eigenvalue weighted by Crippen LogP contribution is -2.46. The number of aromatic nitrogens is 1. The highest BCUT2D eigenvalue weighted by Gasteiger charge is 2.23. The van der Waals surface area contributed by atoms with Crippen molar-refractivity contribution in [3.8, 4) is 0 Å². The van der Waals surface area contributed by atoms with Gasteiger partial charge in [0, 0.05) is 50.8 Å². The van der Waals surface area contributed by atoms with Gasteiger partial charge < -0.3 is 14.5 Å². The molecule has 0 aliphatic carbocycles. The summed E-state index contributed by atoms with van der Waals surface area (Å²) in [7, 11) is 0. The number of halogens is 1. The number of hydrogen-bond acceptors (Lipinski definition) is 6. The number of nitrogens with zero attached hydrogens (tertiary/aromatic N) is 4. The van der Waals surface area contributed by atoms with Gasteiger partial charge in [-0.2, -0.15) is 0 Å². The first-order valence-electron chi connectivity index (χ1n) is 12.1. The third kappa shape index (κ3) is 5.97. The summed E-state index contributed by atoms with van der Waals surface area (Å²) in [6, 6.07) is 11.1. The number of fused-ring (bicyclic) bond motifs is 1. The Morgan fingerprint density at radius 2 is 1.83 bits per heavy atom. The average Bonchev–Trinajstić information content (AvgIpc) is 3.28. The fraction of sp³-hybridized carbons (Fsp3) is 0.423. The Labute approximate surface area is 203 Å². The molecule has 0 spiro atoms. The monoisotopic (exact) mass is 482 g/mol. The number of benzene rings is 2. The van der Waals surface area contributed by atoms with E-state index in [1.165, 1.54) is 29.2 Å². The Balaban J connectivity index is 1.30. The summed E-state index contributed by atoms with van der Waals surface area (Å²) in [4.78, 5) is 29.8. The van der Waals surface area contributed by atoms with Crippen molar-refractivity contribution in [1.82, 2.24) is 10.1 Å². The summed E-state index contributed by atoms with van der Waals surface area (Å²) >= 11 is 0. The molecule has 2 aromatic carbocycles. The second-order valence-electron chi connectivity index (χ2n) is 8.84. The number of ketones is 1. The largest absolute Gasteiger partial charge is 0.465 e. The van der Waals surface area contributed by atoms with E-state index in [4.69, 9.17) is 4.52 Å². The average molecular weight is 483 g/mol. The highest BCUT2D eigenvalue weighted by Crippen LogP contribution is 2.30. The van der Waals surface area contributed by atoms with Crippen LogP contribution in [0.25, 0.3) is 11.0 Å². The van der Waals surface area contributed by atoms with Crippen molar-refractivity contribution in [2.24, 2.45) is 0 Å². The topological polar surface area (TPSA) is 90.1 Å². The van der Waals surface area contributed by atoms with Crippen LogP contribution in [0.15, 0.2) is 47.0 Å². The van der Waals surface area contributed by atoms with E-state index in [-0.39, 0.29) is 11.6 Å². The molecule has 2 heterocycles. The third-order valence-electron chi connectivity index (χ3n) is 6.43. The molecular weight excluding hydrogens is 451 g/mol. The Hall–Kier alpha value is -3.46. The molecule has 9 heteroatoms. The van der Waals surface area contributed by atoms with Crippen LogP contribution in [-0.2, 0) is 0 Å². The molecule has 0 bridgehead atoms. The molecule has 0 saturated carbocycles. The van der Waals surface area contributed by atoms with Gasteiger partial charge in [0.25, 0.3) is 0 Å². The fourth-order valence-electron chi connectivity index (χ4n) is 4.39. The van der Waals surface area contributed by atoms with Crippen LogP contribution in [-0.4, -0.2) is 66.3 Å². The van der Waals surface area contributed by atoms with Crippen LogP contribution < -0.4 is 9.80 Å². The number of carboxylic acid groups (broad SMARTS) is 1. The minimum absolute atomic E-state index is 0.0354. The van der Waals surface area contributed by atoms with E-state index in [2.05, 4.69) is 15.0 Å². The van der Waals surface area contributed by atoms with Crippen molar-refractivity contribution in [1.29, 1.82) is 0 Å². The van der Waals surface area contributed by atoms with Crippen molar-refractivity contribution in [2.45, 2.75) is 32.6 Å². The van der Waals surface area contributed by atoms with Crippen molar-refractivity contribution in [3.05, 3.63) is 53.8 Å². The molecule has 1 aliphatic heterocycles. The van der Waals surface area contributed by atoms with Crippen LogP contribution in [0.1, 0.15) is 43.0 Å². The molecule has 1 aliphatic rings. The van der Waals surface area contributed by atoms with Gasteiger partial charge in [-0.15, -0.1) is 0 Å². The lowest BCUT2D eigenvalue weighted by molar-refractivity contribution is 0.0974. The molecule has 4 rings (SSSR count). The van der Waals surface area contributed by atoms with Gasteiger partial charge in [-0.3, -0.25) is 14.6 Å². The van der Waals surface area contributed by atoms with Crippen LogP contribution in [0, 0.1) is 5.82 Å². The summed E-state index contributed by atoms with van der Waals surface area (Å²) in [6.45, 7) is 6.56. The van der Waals surface area contributed by atoms with Crippen LogP contribution in [0.5, 0.6) is 0 Å². The number of piperazine rings is 1. The smallest absolute Gasteiger partial charge is 0.411 e. The molecule has 1 aromatic heterocycles. The maximum Gasteiger partial charge on any atom is 0.411 e. The van der Waals surface area contributed by atoms with Crippen molar-refractivity contribution < 1.29 is 23.6 Å². The lowest BCUT2D eigenvalue weighted by Gasteiger charge is -2.34. The van der Waals surface area contributed by atoms with Crippen LogP contribution in [0.3, 0.4) is 0 Å². The van der Waals surface area contributed by atoms with Crippen molar-refractivity contribution in [2.75, 3.05) is 49.1 Å². The summed E-state index contributed by atoms with van der Waals surface area (Å²) < 4.78 is 18.6. The van der Waals surface area contributed by atoms with Gasteiger partial charge in [0.2, 0.25) is 0 Å². The molecule has 0 atom stereocenters. The SMILES string of the molecule is CCCCN(C(=O)O)c1ccc2c(N3CCN(CCCC(=O)c4ccc(F)cc4)CC3)noc2c1. The standard InChI is InChI=1S/C26H31FN4O4/c1-2-3-13-31(26(33)34)21-10-11-22-24(18-21)35-28-25(22)30-16-14-29(15-17-30)12-4-5-23(32)19-6-8-20(27)9-7-19/h6-11,18H,2-5,12-17H2,1H3,(H,33,34). The summed E-state index contributed by atoms with van der Waals surface area (Å²) in [5, 5.41) is 14.7. The molecule has 1 saturated heterocycles. The third-order valence-corrected chi connectivity index (χ3v) is 6.43. The second-order valence-corrected chi connectivity index (χ2v) is 8.84. The predicted octanol–water partition coefficient (Wildman–Crippen LogP) is 5.04. The second kappa shape index (κ2) is 11.3. The van der Waals surface area contributed by atoms with Gasteiger partial charge in [-0.25, -0.2) is 9.18 Å². The zero-order valence-electron chi connectivity index (χ0n) is 20.0. The van der Waals surface area contributed by atoms with Crippen molar-refractivity contribution in [3.63, 3.8) is 0 Å². The molecule has 186 valence electrons. The van der Waals surface area contributed by atoms with Gasteiger partial charge in [-0.05, 0) is 55.8 Å². The molecule has 1 amide bonds. The molecule has 0 radical (unpaired) electrons. The maximum absolute atomic E-state index is 13.0. The van der Waals surface area contributed by atoms with Gasteiger partial charge in [0.05, 0.1) is 11.1 Å². The number of rotatable bonds is 10. The normalized spacial score (nSPS) is 14.4. The van der Waals surface area contributed by atoms with E-state index >= 15 is 0 Å². The highest BCUT2D eigenvalue weighted by molar-refractivity contribution is 5.96. The number of Topliss-reactive ketones (excluding diaryl/α,β-unsaturated/α-hetero) is 1. The van der Waals surface area contributed by atoms with E-state index in [9.17, 15) is 19.1 Å². The first kappa shape index (κ1) is 24.7. The number of hydrogen-bond donors (Lipinski definition) is 1. The van der Waals surface area contributed by atoms with Crippen LogP contribution >= 0.6 is 0 Å². The van der Waals surface area contributed by atoms with E-state index in [1.807, 2.05) is 13.0 Å². The Bertz CT molecular complexity index is 1160. The summed E-state index contributed by atoms with van der Waals surface area (Å²) in [5.41, 5.74) is 1.71. The van der Waals surface area contributed by atoms with E-state index in [1.54, 1.807) is 12.1 Å². The van der Waals surface area contributed by atoms with Gasteiger partial charge >= 0.3 is 6.09 Å². The summed E-state index contributed by atoms with van der Waals surface area (Å²) in [6.07, 6.45) is 1.91. The number of carbonyl (C=O) groups is 2. The van der Waals surface area contributed by atoms with Crippen molar-refractivity contribution >= 4 is 34.4 Å². The van der Waals surface area contributed by atoms with E-state index < -0.39 is 6.09 Å². The van der Waals surface area contributed by atoms with Gasteiger partial charge in [0.15, 0.2) is 17.2 Å². The number of unbranched alkanes of at least 4 members (excludes halogenated alkanes) is 1. The number of carbonyl (C=O) groups excluding carboxylic acids is 1. The van der Waals surface area contributed by atoms with Gasteiger partial charge in [-0.1, -0.05) is 18.5 Å². The zero-order chi connectivity index (χ0) is 24.8. The minimum atomic E-state index is -0.979. The highest BCUT2D eigenvalue weighted by atomic mass is 19.1. The molecule has 8 nitrogen and oxygen atoms in total. The Morgan fingerprint density at radius 3 is 2.51 bits per heavy atom. The zero-order valence-corrected chi connectivity index (χ0v) is 20.0. The number of amides is 1. The Morgan fingerprint density at radius 1 is 1.09 bits per heavy atom. The summed E-state index contributed by atoms with van der Waals surface area (Å²) in [5.74, 6) is 0.468. The minimum Gasteiger partial charge on any atom is -0.465 e. The van der Waals surface area contributed by atoms with Crippen LogP contribution in [0.4, 0.5) is 20.7 Å². The quantitative estimate of drug-likeness (QED) is 0.405. The molecule has 1 N–H and O–H groups in total.